The number of nitrogens with zero attached hydrogens (tertiary/aromatic N) is 6. The second-order valence-electron chi connectivity index (χ2n) is 4.52. The predicted octanol–water partition coefficient (Wildman–Crippen LogP) is 0.218. The molecule has 0 saturated carbocycles. The van der Waals surface area contributed by atoms with Gasteiger partial charge in [-0.15, -0.1) is 9.36 Å². The molecule has 2 rings (SSSR count). The first-order valence-corrected chi connectivity index (χ1v) is 7.08. The minimum absolute atomic E-state index is 0.634. The van der Waals surface area contributed by atoms with Crippen molar-refractivity contribution < 1.29 is 26.4 Å². The van der Waals surface area contributed by atoms with Crippen LogP contribution in [-0.4, -0.2) is 26.8 Å². The smallest absolute Gasteiger partial charge is 0.673 e. The van der Waals surface area contributed by atoms with Crippen LogP contribution >= 0.6 is 0 Å². The molecule has 0 bridgehead atoms. The second kappa shape index (κ2) is 8.38. The Morgan fingerprint density at radius 1 is 0.826 bits per heavy atom. The van der Waals surface area contributed by atoms with Gasteiger partial charge in [-0.3, -0.25) is 9.13 Å². The van der Waals surface area contributed by atoms with E-state index in [1.165, 1.54) is 0 Å². The van der Waals surface area contributed by atoms with E-state index in [-0.39, 0.29) is 0 Å². The first-order chi connectivity index (χ1) is 10.3. The van der Waals surface area contributed by atoms with Gasteiger partial charge in [-0.25, -0.2) is 0 Å². The summed E-state index contributed by atoms with van der Waals surface area (Å²) in [5.41, 5.74) is 0. The number of aromatic nitrogens is 6. The van der Waals surface area contributed by atoms with Gasteiger partial charge in [-0.2, -0.15) is 0 Å². The van der Waals surface area contributed by atoms with Crippen LogP contribution in [-0.2, 0) is 53.4 Å². The van der Waals surface area contributed by atoms with E-state index in [4.69, 9.17) is 25.3 Å². The molecule has 13 heteroatoms. The average molecular weight is 373 g/mol. The molecule has 2 heterocycles. The lowest BCUT2D eigenvalue weighted by atomic mass is 10.3. The molecule has 0 aromatic carbocycles. The quantitative estimate of drug-likeness (QED) is 0.287. The van der Waals surface area contributed by atoms with E-state index in [1.54, 1.807) is 9.36 Å². The van der Waals surface area contributed by atoms with Crippen molar-refractivity contribution >= 4 is 32.5 Å². The van der Waals surface area contributed by atoms with Crippen molar-refractivity contribution in [3.63, 3.8) is 0 Å². The number of rotatable bonds is 0. The average Bonchev–Trinajstić information content (AvgIpc) is 2.74. The van der Waals surface area contributed by atoms with Crippen LogP contribution in [0.15, 0.2) is 10.3 Å². The third kappa shape index (κ3) is 7.55. The van der Waals surface area contributed by atoms with Crippen molar-refractivity contribution in [2.24, 2.45) is 28.2 Å². The van der Waals surface area contributed by atoms with Gasteiger partial charge in [0.2, 0.25) is 11.6 Å². The molecule has 0 spiro atoms. The minimum Gasteiger partial charge on any atom is -0.703 e. The fourth-order valence-electron chi connectivity index (χ4n) is 1.25. The highest BCUT2D eigenvalue weighted by Crippen LogP contribution is 2.06. The van der Waals surface area contributed by atoms with Crippen LogP contribution in [0.3, 0.4) is 0 Å². The maximum atomic E-state index is 9.75. The Labute approximate surface area is 143 Å². The molecule has 6 nitrogen and oxygen atoms in total. The molecule has 2 aromatic rings. The van der Waals surface area contributed by atoms with Crippen molar-refractivity contribution in [3.8, 4) is 0 Å². The van der Waals surface area contributed by atoms with Crippen molar-refractivity contribution in [3.05, 3.63) is 11.6 Å². The van der Waals surface area contributed by atoms with E-state index in [1.807, 2.05) is 51.2 Å². The van der Waals surface area contributed by atoms with E-state index in [0.717, 1.165) is 11.6 Å². The SMILES string of the molecule is Cc1n(C)nc([S-])[n+]1C.Cc1n(C)nc([S-])[n+]1C.F[B-](F)(F)F. The van der Waals surface area contributed by atoms with Gasteiger partial charge in [0.1, 0.15) is 0 Å². The second-order valence-corrected chi connectivity index (χ2v) is 5.25. The molecule has 132 valence electrons. The molecule has 0 saturated heterocycles. The molecule has 0 radical (unpaired) electrons. The molecule has 0 fully saturated rings. The maximum Gasteiger partial charge on any atom is 0.673 e. The summed E-state index contributed by atoms with van der Waals surface area (Å²) in [5.74, 6) is 2.14. The lowest BCUT2D eigenvalue weighted by Crippen LogP contribution is -2.32. The van der Waals surface area contributed by atoms with E-state index in [2.05, 4.69) is 10.2 Å². The Morgan fingerprint density at radius 3 is 1.09 bits per heavy atom. The highest BCUT2D eigenvalue weighted by Gasteiger charge is 2.20. The van der Waals surface area contributed by atoms with Gasteiger partial charge in [-0.1, -0.05) is 0 Å². The monoisotopic (exact) mass is 373 g/mol. The third-order valence-corrected chi connectivity index (χ3v) is 3.66. The summed E-state index contributed by atoms with van der Waals surface area (Å²) in [6, 6.07) is 0. The summed E-state index contributed by atoms with van der Waals surface area (Å²) >= 11 is 9.79. The zero-order valence-corrected chi connectivity index (χ0v) is 15.2. The molecular formula is C10H18BF4N6S2-. The molecule has 0 atom stereocenters. The summed E-state index contributed by atoms with van der Waals surface area (Å²) < 4.78 is 46.3. The summed E-state index contributed by atoms with van der Waals surface area (Å²) in [6.07, 6.45) is 0. The maximum absolute atomic E-state index is 9.75. The largest absolute Gasteiger partial charge is 0.703 e. The standard InChI is InChI=1S/2C5H9N3S.BF4/c2*1-4-7(2)5(9)6-8(4)3;2-1(3,4)5/h2*1-3H3;/q;;-1. The number of halogens is 4. The Bertz CT molecular complexity index is 554. The Hall–Kier alpha value is -1.50. The van der Waals surface area contributed by atoms with Crippen molar-refractivity contribution in [1.29, 1.82) is 0 Å². The van der Waals surface area contributed by atoms with Gasteiger partial charge in [-0.05, 0) is 0 Å². The molecule has 23 heavy (non-hydrogen) atoms. The van der Waals surface area contributed by atoms with Gasteiger partial charge in [0, 0.05) is 24.0 Å². The Kier molecular flexibility index (Phi) is 7.84. The van der Waals surface area contributed by atoms with Crippen LogP contribution in [0.1, 0.15) is 11.6 Å². The number of aryl methyl sites for hydroxylation is 2. The zero-order valence-electron chi connectivity index (χ0n) is 13.6. The van der Waals surface area contributed by atoms with Crippen LogP contribution in [0.5, 0.6) is 0 Å². The Balaban J connectivity index is 0.000000332. The summed E-state index contributed by atoms with van der Waals surface area (Å²) in [6.45, 7) is 3.95. The third-order valence-electron chi connectivity index (χ3n) is 2.95. The topological polar surface area (TPSA) is 43.4 Å². The highest BCUT2D eigenvalue weighted by molar-refractivity contribution is 7.58. The fourth-order valence-corrected chi connectivity index (χ4v) is 1.76. The van der Waals surface area contributed by atoms with Gasteiger partial charge in [0.05, 0.1) is 28.2 Å². The van der Waals surface area contributed by atoms with Crippen molar-refractivity contribution in [2.75, 3.05) is 0 Å². The van der Waals surface area contributed by atoms with Gasteiger partial charge >= 0.3 is 7.25 Å². The molecule has 0 N–H and O–H groups in total. The van der Waals surface area contributed by atoms with E-state index < -0.39 is 7.25 Å². The van der Waals surface area contributed by atoms with Crippen LogP contribution in [0.4, 0.5) is 17.3 Å². The normalized spacial score (nSPS) is 10.5. The first kappa shape index (κ1) is 21.5. The molecular weight excluding hydrogens is 355 g/mol. The lowest BCUT2D eigenvalue weighted by Gasteiger charge is -1.94. The Morgan fingerprint density at radius 2 is 1.04 bits per heavy atom. The van der Waals surface area contributed by atoms with Crippen LogP contribution in [0, 0.1) is 13.8 Å². The van der Waals surface area contributed by atoms with Gasteiger partial charge < -0.3 is 42.5 Å². The van der Waals surface area contributed by atoms with E-state index >= 15 is 0 Å². The molecule has 0 amide bonds. The fraction of sp³-hybridized carbons (Fsp3) is 0.600. The molecule has 2 aromatic heterocycles. The molecule has 0 aliphatic carbocycles. The number of hydrogen-bond donors (Lipinski definition) is 0. The molecule has 0 unspecified atom stereocenters. The minimum atomic E-state index is -6.00. The van der Waals surface area contributed by atoms with E-state index in [9.17, 15) is 17.3 Å². The highest BCUT2D eigenvalue weighted by atomic mass is 32.1. The van der Waals surface area contributed by atoms with Crippen molar-refractivity contribution in [2.45, 2.75) is 24.2 Å². The van der Waals surface area contributed by atoms with Crippen LogP contribution < -0.4 is 9.13 Å². The summed E-state index contributed by atoms with van der Waals surface area (Å²) in [7, 11) is 1.58. The molecule has 0 aliphatic heterocycles. The van der Waals surface area contributed by atoms with E-state index in [0.29, 0.717) is 10.3 Å². The van der Waals surface area contributed by atoms with Gasteiger partial charge in [0.15, 0.2) is 10.3 Å². The predicted molar refractivity (Wildman–Crippen MR) is 79.7 cm³/mol. The first-order valence-electron chi connectivity index (χ1n) is 6.26. The summed E-state index contributed by atoms with van der Waals surface area (Å²) in [5, 5.41) is 9.28. The van der Waals surface area contributed by atoms with Crippen molar-refractivity contribution in [1.82, 2.24) is 19.6 Å². The number of hydrogen-bond acceptors (Lipinski definition) is 4. The summed E-state index contributed by atoms with van der Waals surface area (Å²) in [4.78, 5) is 0. The lowest BCUT2D eigenvalue weighted by molar-refractivity contribution is -0.715. The van der Waals surface area contributed by atoms with Crippen LogP contribution in [0.25, 0.3) is 0 Å². The zero-order chi connectivity index (χ0) is 18.5. The van der Waals surface area contributed by atoms with Crippen LogP contribution in [0.2, 0.25) is 0 Å². The molecule has 0 aliphatic rings. The van der Waals surface area contributed by atoms with Gasteiger partial charge in [0.25, 0.3) is 0 Å².